The van der Waals surface area contributed by atoms with Gasteiger partial charge in [0.15, 0.2) is 0 Å². The molecule has 36 valence electrons. The van der Waals surface area contributed by atoms with Gasteiger partial charge in [0.2, 0.25) is 0 Å². The average Bonchev–Trinajstić information content (AvgIpc) is 1.36. The van der Waals surface area contributed by atoms with E-state index in [9.17, 15) is 0 Å². The van der Waals surface area contributed by atoms with Crippen LogP contribution in [-0.2, 0) is 0 Å². The number of hydrogen-bond acceptors (Lipinski definition) is 2. The molecule has 0 saturated carbocycles. The summed E-state index contributed by atoms with van der Waals surface area (Å²) in [6.45, 7) is 1.65. The van der Waals surface area contributed by atoms with Gasteiger partial charge in [-0.1, -0.05) is 12.2 Å². The van der Waals surface area contributed by atoms with Gasteiger partial charge in [-0.2, -0.15) is 0 Å². The molecular weight excluding hydrogens is 98.1 g/mol. The van der Waals surface area contributed by atoms with Crippen LogP contribution < -0.4 is 0 Å². The maximum absolute atomic E-state index is 8.32. The summed E-state index contributed by atoms with van der Waals surface area (Å²) in [5.41, 5.74) is 0. The van der Waals surface area contributed by atoms with E-state index >= 15 is 0 Å². The molecule has 2 nitrogen and oxygen atoms in total. The predicted octanol–water partition coefficient (Wildman–Crippen LogP) is 0.655. The van der Waals surface area contributed by atoms with E-state index in [1.807, 2.05) is 0 Å². The fourth-order valence-corrected chi connectivity index (χ4v) is 0. The lowest BCUT2D eigenvalue weighted by molar-refractivity contribution is 0.0160. The van der Waals surface area contributed by atoms with Crippen molar-refractivity contribution in [3.8, 4) is 0 Å². The van der Waals surface area contributed by atoms with Crippen molar-refractivity contribution in [2.45, 2.75) is 6.92 Å². The summed E-state index contributed by atoms with van der Waals surface area (Å²) in [4.78, 5) is 0.481. The van der Waals surface area contributed by atoms with Crippen LogP contribution in [0, 0.1) is 0 Å². The Morgan fingerprint density at radius 3 is 2.00 bits per heavy atom. The molecule has 0 aromatic heterocycles. The summed E-state index contributed by atoms with van der Waals surface area (Å²) in [5.74, 6) is 0. The van der Waals surface area contributed by atoms with Crippen LogP contribution >= 0.6 is 12.2 Å². The van der Waals surface area contributed by atoms with Crippen molar-refractivity contribution in [2.24, 2.45) is 0 Å². The van der Waals surface area contributed by atoms with Crippen LogP contribution in [0.1, 0.15) is 6.92 Å². The molecule has 0 heterocycles. The Balaban J connectivity index is 3.26. The summed E-state index contributed by atoms with van der Waals surface area (Å²) in [6, 6.07) is 0. The molecule has 0 spiro atoms. The highest BCUT2D eigenvalue weighted by molar-refractivity contribution is 7.80. The quantitative estimate of drug-likeness (QED) is 0.361. The van der Waals surface area contributed by atoms with Gasteiger partial charge in [-0.3, -0.25) is 10.3 Å². The number of hydrogen-bond donors (Lipinski definition) is 1. The van der Waals surface area contributed by atoms with Crippen LogP contribution in [-0.4, -0.2) is 22.3 Å². The van der Waals surface area contributed by atoms with E-state index in [1.54, 1.807) is 6.92 Å². The Kier molecular flexibility index (Phi) is 2.05. The average molecular weight is 105 g/mol. The first-order valence-electron chi connectivity index (χ1n) is 1.57. The van der Waals surface area contributed by atoms with E-state index in [-0.39, 0.29) is 0 Å². The molecule has 0 amide bonds. The van der Waals surface area contributed by atoms with Gasteiger partial charge in [0, 0.05) is 7.05 Å². The minimum absolute atomic E-state index is 0.481. The van der Waals surface area contributed by atoms with E-state index < -0.39 is 0 Å². The van der Waals surface area contributed by atoms with Gasteiger partial charge in [-0.15, -0.1) is 0 Å². The zero-order valence-corrected chi connectivity index (χ0v) is 4.62. The first-order valence-corrected chi connectivity index (χ1v) is 1.98. The van der Waals surface area contributed by atoms with Crippen molar-refractivity contribution < 1.29 is 5.21 Å². The SMILES string of the molecule is CC(=S)N(C)O. The summed E-state index contributed by atoms with van der Waals surface area (Å²) in [5, 5.41) is 9.22. The van der Waals surface area contributed by atoms with Crippen LogP contribution in [0.25, 0.3) is 0 Å². The highest BCUT2D eigenvalue weighted by Crippen LogP contribution is 1.75. The van der Waals surface area contributed by atoms with Crippen LogP contribution in [0.15, 0.2) is 0 Å². The second-order valence-electron chi connectivity index (χ2n) is 1.04. The standard InChI is InChI=1S/C3H7NOS/c1-3(6)4(2)5/h5H,1-2H3. The molecule has 6 heavy (non-hydrogen) atoms. The lowest BCUT2D eigenvalue weighted by atomic mass is 10.8. The van der Waals surface area contributed by atoms with Gasteiger partial charge in [0.25, 0.3) is 0 Å². The van der Waals surface area contributed by atoms with Gasteiger partial charge in [-0.25, -0.2) is 0 Å². The number of rotatable bonds is 0. The Morgan fingerprint density at radius 1 is 1.83 bits per heavy atom. The third kappa shape index (κ3) is 2.11. The minimum atomic E-state index is 0.481. The molecule has 0 saturated heterocycles. The molecule has 0 aromatic carbocycles. The third-order valence-corrected chi connectivity index (χ3v) is 0.720. The zero-order chi connectivity index (χ0) is 5.15. The predicted molar refractivity (Wildman–Crippen MR) is 27.8 cm³/mol. The second kappa shape index (κ2) is 2.10. The molecule has 0 atom stereocenters. The highest BCUT2D eigenvalue weighted by Gasteiger charge is 1.84. The largest absolute Gasteiger partial charge is 0.288 e. The normalized spacial score (nSPS) is 7.83. The third-order valence-electron chi connectivity index (χ3n) is 0.456. The second-order valence-corrected chi connectivity index (χ2v) is 1.63. The Labute approximate surface area is 42.3 Å². The van der Waals surface area contributed by atoms with E-state index in [1.165, 1.54) is 7.05 Å². The van der Waals surface area contributed by atoms with Crippen LogP contribution in [0.2, 0.25) is 0 Å². The summed E-state index contributed by atoms with van der Waals surface area (Å²) in [6.07, 6.45) is 0. The molecule has 0 rings (SSSR count). The van der Waals surface area contributed by atoms with Gasteiger partial charge in [0.05, 0.1) is 4.99 Å². The molecule has 1 N–H and O–H groups in total. The molecule has 0 fully saturated rings. The maximum atomic E-state index is 8.32. The number of hydroxylamine groups is 2. The molecule has 0 radical (unpaired) electrons. The first-order chi connectivity index (χ1) is 2.64. The summed E-state index contributed by atoms with van der Waals surface area (Å²) < 4.78 is 0. The molecule has 0 aromatic rings. The topological polar surface area (TPSA) is 23.5 Å². The lowest BCUT2D eigenvalue weighted by Gasteiger charge is -2.03. The Bertz CT molecular complexity index is 61.8. The molecule has 0 aliphatic rings. The minimum Gasteiger partial charge on any atom is -0.288 e. The molecular formula is C3H7NOS. The number of thiocarbonyl (C=S) groups is 1. The number of nitrogens with zero attached hydrogens (tertiary/aromatic N) is 1. The van der Waals surface area contributed by atoms with Crippen LogP contribution in [0.5, 0.6) is 0 Å². The first kappa shape index (κ1) is 5.85. The van der Waals surface area contributed by atoms with Crippen molar-refractivity contribution in [3.63, 3.8) is 0 Å². The van der Waals surface area contributed by atoms with Crippen LogP contribution in [0.4, 0.5) is 0 Å². The van der Waals surface area contributed by atoms with Gasteiger partial charge in [0.1, 0.15) is 0 Å². The fraction of sp³-hybridized carbons (Fsp3) is 0.667. The van der Waals surface area contributed by atoms with E-state index in [0.717, 1.165) is 5.06 Å². The van der Waals surface area contributed by atoms with Crippen LogP contribution in [0.3, 0.4) is 0 Å². The molecule has 3 heteroatoms. The van der Waals surface area contributed by atoms with Crippen molar-refractivity contribution in [1.82, 2.24) is 5.06 Å². The maximum Gasteiger partial charge on any atom is 0.0999 e. The smallest absolute Gasteiger partial charge is 0.0999 e. The molecule has 0 aliphatic heterocycles. The van der Waals surface area contributed by atoms with Gasteiger partial charge >= 0.3 is 0 Å². The van der Waals surface area contributed by atoms with Crippen molar-refractivity contribution in [1.29, 1.82) is 0 Å². The Morgan fingerprint density at radius 2 is 2.00 bits per heavy atom. The summed E-state index contributed by atoms with van der Waals surface area (Å²) in [7, 11) is 1.49. The fourth-order valence-electron chi connectivity index (χ4n) is 0. The monoisotopic (exact) mass is 105 g/mol. The van der Waals surface area contributed by atoms with Crippen molar-refractivity contribution in [3.05, 3.63) is 0 Å². The van der Waals surface area contributed by atoms with E-state index in [0.29, 0.717) is 4.99 Å². The molecule has 0 unspecified atom stereocenters. The van der Waals surface area contributed by atoms with Gasteiger partial charge in [-0.05, 0) is 6.92 Å². The molecule has 0 aliphatic carbocycles. The van der Waals surface area contributed by atoms with Gasteiger partial charge < -0.3 is 0 Å². The van der Waals surface area contributed by atoms with Crippen molar-refractivity contribution in [2.75, 3.05) is 7.05 Å². The van der Waals surface area contributed by atoms with Crippen molar-refractivity contribution >= 4 is 17.2 Å². The van der Waals surface area contributed by atoms with E-state index in [4.69, 9.17) is 5.21 Å². The zero-order valence-electron chi connectivity index (χ0n) is 3.80. The highest BCUT2D eigenvalue weighted by atomic mass is 32.1. The molecule has 0 bridgehead atoms. The Hall–Kier alpha value is -0.150. The lowest BCUT2D eigenvalue weighted by Crippen LogP contribution is -2.16. The van der Waals surface area contributed by atoms with E-state index in [2.05, 4.69) is 12.2 Å². The summed E-state index contributed by atoms with van der Waals surface area (Å²) >= 11 is 4.50.